The zero-order valence-corrected chi connectivity index (χ0v) is 14.9. The van der Waals surface area contributed by atoms with Crippen molar-refractivity contribution in [2.24, 2.45) is 0 Å². The molecule has 1 heterocycles. The van der Waals surface area contributed by atoms with Crippen LogP contribution in [-0.2, 0) is 11.2 Å². The molecule has 0 saturated carbocycles. The fourth-order valence-corrected chi connectivity index (χ4v) is 3.14. The number of nitrogens with one attached hydrogen (secondary N) is 3. The molecule has 0 fully saturated rings. The summed E-state index contributed by atoms with van der Waals surface area (Å²) in [6.45, 7) is 0. The van der Waals surface area contributed by atoms with E-state index in [4.69, 9.17) is 0 Å². The van der Waals surface area contributed by atoms with Gasteiger partial charge >= 0.3 is 0 Å². The molecule has 27 heavy (non-hydrogen) atoms. The number of anilines is 3. The lowest BCUT2D eigenvalue weighted by Crippen LogP contribution is -2.12. The van der Waals surface area contributed by atoms with Gasteiger partial charge in [0.15, 0.2) is 0 Å². The number of para-hydroxylation sites is 2. The van der Waals surface area contributed by atoms with E-state index in [9.17, 15) is 4.79 Å². The van der Waals surface area contributed by atoms with Gasteiger partial charge in [-0.05, 0) is 54.4 Å². The van der Waals surface area contributed by atoms with Crippen molar-refractivity contribution in [3.8, 4) is 0 Å². The second kappa shape index (κ2) is 7.79. The number of fused-ring (bicyclic) bond motifs is 1. The van der Waals surface area contributed by atoms with Gasteiger partial charge in [-0.15, -0.1) is 0 Å². The van der Waals surface area contributed by atoms with E-state index in [1.807, 2.05) is 79.0 Å². The minimum absolute atomic E-state index is 0.0176. The first kappa shape index (κ1) is 16.9. The molecule has 0 radical (unpaired) electrons. The van der Waals surface area contributed by atoms with Gasteiger partial charge in [-0.2, -0.15) is 0 Å². The highest BCUT2D eigenvalue weighted by atomic mass is 16.1. The zero-order chi connectivity index (χ0) is 18.5. The Morgan fingerprint density at radius 1 is 0.778 bits per heavy atom. The molecule has 0 unspecified atom stereocenters. The van der Waals surface area contributed by atoms with Gasteiger partial charge < -0.3 is 15.6 Å². The highest BCUT2D eigenvalue weighted by Gasteiger charge is 2.07. The van der Waals surface area contributed by atoms with Gasteiger partial charge in [-0.1, -0.05) is 36.4 Å². The fourth-order valence-electron chi connectivity index (χ4n) is 3.14. The topological polar surface area (TPSA) is 56.9 Å². The van der Waals surface area contributed by atoms with Crippen molar-refractivity contribution in [1.82, 2.24) is 4.98 Å². The quantitative estimate of drug-likeness (QED) is 0.429. The summed E-state index contributed by atoms with van der Waals surface area (Å²) < 4.78 is 0. The van der Waals surface area contributed by atoms with Crippen molar-refractivity contribution in [2.45, 2.75) is 12.8 Å². The van der Waals surface area contributed by atoms with Crippen LogP contribution in [0.2, 0.25) is 0 Å². The smallest absolute Gasteiger partial charge is 0.224 e. The van der Waals surface area contributed by atoms with Gasteiger partial charge in [0.2, 0.25) is 5.91 Å². The Morgan fingerprint density at radius 2 is 1.44 bits per heavy atom. The summed E-state index contributed by atoms with van der Waals surface area (Å²) in [5.74, 6) is 0.0176. The monoisotopic (exact) mass is 355 g/mol. The van der Waals surface area contributed by atoms with E-state index < -0.39 is 0 Å². The SMILES string of the molecule is O=C(CCc1c[nH]c2ccccc12)Nc1ccc(Nc2ccccc2)cc1. The van der Waals surface area contributed by atoms with Gasteiger partial charge in [-0.3, -0.25) is 4.79 Å². The normalized spacial score (nSPS) is 10.7. The van der Waals surface area contributed by atoms with Crippen LogP contribution in [0.5, 0.6) is 0 Å². The molecule has 3 N–H and O–H groups in total. The van der Waals surface area contributed by atoms with Crippen LogP contribution in [0.15, 0.2) is 85.1 Å². The summed E-state index contributed by atoms with van der Waals surface area (Å²) in [6, 6.07) is 25.9. The Hall–Kier alpha value is -3.53. The number of carbonyl (C=O) groups is 1. The second-order valence-corrected chi connectivity index (χ2v) is 6.48. The number of aromatic amines is 1. The van der Waals surface area contributed by atoms with Crippen molar-refractivity contribution < 1.29 is 4.79 Å². The molecule has 0 aliphatic heterocycles. The average Bonchev–Trinajstić information content (AvgIpc) is 3.12. The van der Waals surface area contributed by atoms with Gasteiger partial charge in [-0.25, -0.2) is 0 Å². The molecule has 3 aromatic carbocycles. The van der Waals surface area contributed by atoms with Gasteiger partial charge in [0, 0.05) is 40.6 Å². The highest BCUT2D eigenvalue weighted by molar-refractivity contribution is 5.91. The first-order valence-corrected chi connectivity index (χ1v) is 9.05. The largest absolute Gasteiger partial charge is 0.361 e. The summed E-state index contributed by atoms with van der Waals surface area (Å²) in [6.07, 6.45) is 3.15. The first-order valence-electron chi connectivity index (χ1n) is 9.05. The average molecular weight is 355 g/mol. The molecule has 134 valence electrons. The Morgan fingerprint density at radius 3 is 2.26 bits per heavy atom. The maximum absolute atomic E-state index is 12.3. The van der Waals surface area contributed by atoms with E-state index in [0.717, 1.165) is 22.6 Å². The minimum atomic E-state index is 0.0176. The summed E-state index contributed by atoms with van der Waals surface area (Å²) in [4.78, 5) is 15.5. The molecule has 1 amide bonds. The number of hydrogen-bond acceptors (Lipinski definition) is 2. The molecule has 4 nitrogen and oxygen atoms in total. The molecule has 4 rings (SSSR count). The van der Waals surface area contributed by atoms with E-state index in [2.05, 4.69) is 21.7 Å². The van der Waals surface area contributed by atoms with Crippen LogP contribution in [0, 0.1) is 0 Å². The molecule has 0 bridgehead atoms. The zero-order valence-electron chi connectivity index (χ0n) is 14.9. The lowest BCUT2D eigenvalue weighted by molar-refractivity contribution is -0.116. The van der Waals surface area contributed by atoms with E-state index in [1.54, 1.807) is 0 Å². The number of aryl methyl sites for hydroxylation is 1. The third-order valence-electron chi connectivity index (χ3n) is 4.53. The number of H-pyrrole nitrogens is 1. The number of hydrogen-bond donors (Lipinski definition) is 3. The van der Waals surface area contributed by atoms with Gasteiger partial charge in [0.1, 0.15) is 0 Å². The molecular weight excluding hydrogens is 334 g/mol. The molecule has 4 aromatic rings. The molecule has 0 spiro atoms. The molecular formula is C23H21N3O. The Bertz CT molecular complexity index is 1040. The molecule has 0 saturated heterocycles. The number of benzene rings is 3. The minimum Gasteiger partial charge on any atom is -0.361 e. The van der Waals surface area contributed by atoms with Crippen molar-refractivity contribution in [3.05, 3.63) is 90.6 Å². The van der Waals surface area contributed by atoms with Crippen LogP contribution in [-0.4, -0.2) is 10.9 Å². The third-order valence-corrected chi connectivity index (χ3v) is 4.53. The summed E-state index contributed by atoms with van der Waals surface area (Å²) >= 11 is 0. The van der Waals surface area contributed by atoms with E-state index in [1.165, 1.54) is 10.9 Å². The number of carbonyl (C=O) groups excluding carboxylic acids is 1. The summed E-state index contributed by atoms with van der Waals surface area (Å²) in [5.41, 5.74) is 5.10. The standard InChI is InChI=1S/C23H21N3O/c27-23(15-10-17-16-24-22-9-5-4-8-21(17)22)26-20-13-11-19(12-14-20)25-18-6-2-1-3-7-18/h1-9,11-14,16,24-25H,10,15H2,(H,26,27). The van der Waals surface area contributed by atoms with Crippen molar-refractivity contribution in [2.75, 3.05) is 10.6 Å². The highest BCUT2D eigenvalue weighted by Crippen LogP contribution is 2.21. The molecule has 1 aromatic heterocycles. The predicted octanol–water partition coefficient (Wildman–Crippen LogP) is 5.48. The van der Waals surface area contributed by atoms with E-state index in [-0.39, 0.29) is 5.91 Å². The fraction of sp³-hybridized carbons (Fsp3) is 0.0870. The maximum atomic E-state index is 12.3. The molecule has 0 aliphatic rings. The Kier molecular flexibility index (Phi) is 4.88. The number of amides is 1. The molecule has 0 aliphatic carbocycles. The summed E-state index contributed by atoms with van der Waals surface area (Å²) in [7, 11) is 0. The molecule has 4 heteroatoms. The Labute approximate surface area is 158 Å². The van der Waals surface area contributed by atoms with Crippen LogP contribution in [0.1, 0.15) is 12.0 Å². The van der Waals surface area contributed by atoms with E-state index in [0.29, 0.717) is 12.8 Å². The Balaban J connectivity index is 1.33. The van der Waals surface area contributed by atoms with Crippen LogP contribution in [0.4, 0.5) is 17.1 Å². The van der Waals surface area contributed by atoms with Gasteiger partial charge in [0.05, 0.1) is 0 Å². The molecule has 0 atom stereocenters. The first-order chi connectivity index (χ1) is 13.3. The summed E-state index contributed by atoms with van der Waals surface area (Å²) in [5, 5.41) is 7.48. The second-order valence-electron chi connectivity index (χ2n) is 6.48. The van der Waals surface area contributed by atoms with E-state index >= 15 is 0 Å². The van der Waals surface area contributed by atoms with Crippen LogP contribution in [0.3, 0.4) is 0 Å². The lowest BCUT2D eigenvalue weighted by Gasteiger charge is -2.08. The van der Waals surface area contributed by atoms with Crippen LogP contribution < -0.4 is 10.6 Å². The lowest BCUT2D eigenvalue weighted by atomic mass is 10.1. The predicted molar refractivity (Wildman–Crippen MR) is 111 cm³/mol. The van der Waals surface area contributed by atoms with Crippen molar-refractivity contribution in [1.29, 1.82) is 0 Å². The van der Waals surface area contributed by atoms with Gasteiger partial charge in [0.25, 0.3) is 0 Å². The number of rotatable bonds is 6. The van der Waals surface area contributed by atoms with Crippen molar-refractivity contribution >= 4 is 33.9 Å². The van der Waals surface area contributed by atoms with Crippen LogP contribution >= 0.6 is 0 Å². The maximum Gasteiger partial charge on any atom is 0.224 e. The van der Waals surface area contributed by atoms with Crippen molar-refractivity contribution in [3.63, 3.8) is 0 Å². The third kappa shape index (κ3) is 4.18. The van der Waals surface area contributed by atoms with Crippen LogP contribution in [0.25, 0.3) is 10.9 Å². The number of aromatic nitrogens is 1.